The zero-order chi connectivity index (χ0) is 9.14. The average molecular weight is 191 g/mol. The average Bonchev–Trinajstić information content (AvgIpc) is 2.03. The third-order valence-corrected chi connectivity index (χ3v) is 2.20. The van der Waals surface area contributed by atoms with E-state index in [-0.39, 0.29) is 5.38 Å². The minimum absolute atomic E-state index is 0.362. The highest BCUT2D eigenvalue weighted by Crippen LogP contribution is 2.26. The molecule has 1 rings (SSSR count). The number of hydrogen-bond acceptors (Lipinski definition) is 0. The van der Waals surface area contributed by atoms with Crippen molar-refractivity contribution < 1.29 is 8.78 Å². The second kappa shape index (κ2) is 3.85. The van der Waals surface area contributed by atoms with Crippen LogP contribution in [0.4, 0.5) is 8.78 Å². The van der Waals surface area contributed by atoms with Crippen molar-refractivity contribution >= 4 is 11.6 Å². The van der Waals surface area contributed by atoms with E-state index in [2.05, 4.69) is 0 Å². The van der Waals surface area contributed by atoms with Gasteiger partial charge in [0.25, 0.3) is 0 Å². The molecule has 0 radical (unpaired) electrons. The minimum Gasteiger partial charge on any atom is -0.207 e. The summed E-state index contributed by atoms with van der Waals surface area (Å²) in [4.78, 5) is 0. The van der Waals surface area contributed by atoms with Crippen LogP contribution in [-0.2, 0) is 0 Å². The molecule has 0 spiro atoms. The smallest absolute Gasteiger partial charge is 0.130 e. The summed E-state index contributed by atoms with van der Waals surface area (Å²) in [7, 11) is 0. The van der Waals surface area contributed by atoms with E-state index in [9.17, 15) is 8.78 Å². The molecule has 0 aromatic heterocycles. The second-order valence-corrected chi connectivity index (χ2v) is 3.07. The summed E-state index contributed by atoms with van der Waals surface area (Å²) in [6.45, 7) is 1.85. The lowest BCUT2D eigenvalue weighted by Gasteiger charge is -2.07. The Kier molecular flexibility index (Phi) is 3.04. The lowest BCUT2D eigenvalue weighted by molar-refractivity contribution is 0.569. The summed E-state index contributed by atoms with van der Waals surface area (Å²) in [5.41, 5.74) is 0.362. The van der Waals surface area contributed by atoms with Crippen molar-refractivity contribution in [2.45, 2.75) is 18.7 Å². The summed E-state index contributed by atoms with van der Waals surface area (Å²) in [6.07, 6.45) is 0.629. The summed E-state index contributed by atoms with van der Waals surface area (Å²) >= 11 is 5.79. The number of benzene rings is 1. The fraction of sp³-hybridized carbons (Fsp3) is 0.333. The lowest BCUT2D eigenvalue weighted by atomic mass is 10.1. The maximum Gasteiger partial charge on any atom is 0.130 e. The summed E-state index contributed by atoms with van der Waals surface area (Å²) < 4.78 is 25.4. The van der Waals surface area contributed by atoms with Crippen LogP contribution < -0.4 is 0 Å². The third-order valence-electron chi connectivity index (χ3n) is 1.66. The molecule has 66 valence electrons. The molecule has 0 N–H and O–H groups in total. The molecular weight excluding hydrogens is 182 g/mol. The highest BCUT2D eigenvalue weighted by molar-refractivity contribution is 6.20. The highest BCUT2D eigenvalue weighted by Gasteiger charge is 2.10. The van der Waals surface area contributed by atoms with Crippen LogP contribution >= 0.6 is 11.6 Å². The van der Waals surface area contributed by atoms with Crippen LogP contribution in [0.2, 0.25) is 0 Å². The van der Waals surface area contributed by atoms with Crippen molar-refractivity contribution in [1.82, 2.24) is 0 Å². The van der Waals surface area contributed by atoms with Gasteiger partial charge < -0.3 is 0 Å². The molecule has 0 saturated heterocycles. The molecule has 0 heterocycles. The van der Waals surface area contributed by atoms with Crippen LogP contribution in [0.25, 0.3) is 0 Å². The first-order chi connectivity index (χ1) is 5.65. The largest absolute Gasteiger partial charge is 0.207 e. The van der Waals surface area contributed by atoms with Gasteiger partial charge in [-0.05, 0) is 12.5 Å². The van der Waals surface area contributed by atoms with Crippen LogP contribution in [0.1, 0.15) is 24.3 Å². The monoisotopic (exact) mass is 190 g/mol. The van der Waals surface area contributed by atoms with Crippen molar-refractivity contribution in [2.24, 2.45) is 0 Å². The molecule has 0 aliphatic carbocycles. The molecule has 0 saturated carbocycles. The second-order valence-electron chi connectivity index (χ2n) is 2.54. The fourth-order valence-corrected chi connectivity index (χ4v) is 1.15. The quantitative estimate of drug-likeness (QED) is 0.625. The number of alkyl halides is 1. The molecule has 0 aliphatic rings. The molecule has 1 atom stereocenters. The predicted octanol–water partition coefficient (Wildman–Crippen LogP) is 3.65. The Bertz CT molecular complexity index is 273. The molecule has 0 unspecified atom stereocenters. The van der Waals surface area contributed by atoms with Gasteiger partial charge in [0.15, 0.2) is 0 Å². The maximum atomic E-state index is 13.0. The van der Waals surface area contributed by atoms with Crippen molar-refractivity contribution in [2.75, 3.05) is 0 Å². The SMILES string of the molecule is CC[C@H](Cl)c1ccc(F)cc1F. The van der Waals surface area contributed by atoms with Crippen LogP contribution in [0.3, 0.4) is 0 Å². The molecule has 0 nitrogen and oxygen atoms in total. The lowest BCUT2D eigenvalue weighted by Crippen LogP contribution is -1.93. The molecule has 0 amide bonds. The fourth-order valence-electron chi connectivity index (χ4n) is 0.975. The van der Waals surface area contributed by atoms with Crippen LogP contribution in [-0.4, -0.2) is 0 Å². The van der Waals surface area contributed by atoms with E-state index < -0.39 is 11.6 Å². The first-order valence-electron chi connectivity index (χ1n) is 3.74. The van der Waals surface area contributed by atoms with Crippen molar-refractivity contribution in [1.29, 1.82) is 0 Å². The van der Waals surface area contributed by atoms with Gasteiger partial charge in [-0.1, -0.05) is 13.0 Å². The number of halogens is 3. The minimum atomic E-state index is -0.573. The zero-order valence-corrected chi connectivity index (χ0v) is 7.41. The van der Waals surface area contributed by atoms with Gasteiger partial charge in [0, 0.05) is 11.6 Å². The van der Waals surface area contributed by atoms with Gasteiger partial charge >= 0.3 is 0 Å². The normalized spacial score (nSPS) is 13.0. The molecule has 0 bridgehead atoms. The Morgan fingerprint density at radius 2 is 2.08 bits per heavy atom. The Morgan fingerprint density at radius 1 is 1.42 bits per heavy atom. The van der Waals surface area contributed by atoms with E-state index in [1.807, 2.05) is 6.92 Å². The van der Waals surface area contributed by atoms with Crippen LogP contribution in [0, 0.1) is 11.6 Å². The molecular formula is C9H9ClF2. The van der Waals surface area contributed by atoms with Crippen molar-refractivity contribution in [3.8, 4) is 0 Å². The van der Waals surface area contributed by atoms with Gasteiger partial charge in [-0.2, -0.15) is 0 Å². The summed E-state index contributed by atoms with van der Waals surface area (Å²) in [5, 5.41) is -0.370. The topological polar surface area (TPSA) is 0 Å². The molecule has 0 fully saturated rings. The molecule has 1 aromatic rings. The molecule has 1 aromatic carbocycles. The van der Waals surface area contributed by atoms with Gasteiger partial charge in [0.2, 0.25) is 0 Å². The number of rotatable bonds is 2. The van der Waals surface area contributed by atoms with E-state index in [1.54, 1.807) is 0 Å². The Hall–Kier alpha value is -0.630. The van der Waals surface area contributed by atoms with Gasteiger partial charge in [0.1, 0.15) is 11.6 Å². The Morgan fingerprint density at radius 3 is 2.58 bits per heavy atom. The van der Waals surface area contributed by atoms with Gasteiger partial charge in [-0.25, -0.2) is 8.78 Å². The zero-order valence-electron chi connectivity index (χ0n) is 6.65. The van der Waals surface area contributed by atoms with E-state index >= 15 is 0 Å². The van der Waals surface area contributed by atoms with Crippen molar-refractivity contribution in [3.05, 3.63) is 35.4 Å². The standard InChI is InChI=1S/C9H9ClF2/c1-2-8(10)7-4-3-6(11)5-9(7)12/h3-5,8H,2H2,1H3/t8-/m0/s1. The molecule has 0 aliphatic heterocycles. The first kappa shape index (κ1) is 9.46. The van der Waals surface area contributed by atoms with Crippen molar-refractivity contribution in [3.63, 3.8) is 0 Å². The summed E-state index contributed by atoms with van der Waals surface area (Å²) in [6, 6.07) is 3.44. The highest BCUT2D eigenvalue weighted by atomic mass is 35.5. The maximum absolute atomic E-state index is 13.0. The Balaban J connectivity index is 3.01. The number of hydrogen-bond donors (Lipinski definition) is 0. The van der Waals surface area contributed by atoms with E-state index in [4.69, 9.17) is 11.6 Å². The van der Waals surface area contributed by atoms with Gasteiger partial charge in [-0.3, -0.25) is 0 Å². The van der Waals surface area contributed by atoms with E-state index in [0.717, 1.165) is 6.07 Å². The first-order valence-corrected chi connectivity index (χ1v) is 4.17. The van der Waals surface area contributed by atoms with E-state index in [1.165, 1.54) is 12.1 Å². The van der Waals surface area contributed by atoms with Gasteiger partial charge in [0.05, 0.1) is 5.38 Å². The van der Waals surface area contributed by atoms with Crippen LogP contribution in [0.5, 0.6) is 0 Å². The predicted molar refractivity (Wildman–Crippen MR) is 45.2 cm³/mol. The molecule has 12 heavy (non-hydrogen) atoms. The molecule has 3 heteroatoms. The van der Waals surface area contributed by atoms with E-state index in [0.29, 0.717) is 12.0 Å². The Labute approximate surface area is 75.2 Å². The third kappa shape index (κ3) is 1.95. The van der Waals surface area contributed by atoms with Gasteiger partial charge in [-0.15, -0.1) is 11.6 Å². The van der Waals surface area contributed by atoms with Crippen LogP contribution in [0.15, 0.2) is 18.2 Å². The summed E-state index contributed by atoms with van der Waals surface area (Å²) in [5.74, 6) is -1.15.